The van der Waals surface area contributed by atoms with E-state index in [9.17, 15) is 9.59 Å². The molecule has 0 radical (unpaired) electrons. The first-order valence-corrected chi connectivity index (χ1v) is 10.6. The lowest BCUT2D eigenvalue weighted by atomic mass is 10.2. The molecule has 5 aromatic rings. The number of rotatable bonds is 6. The molecule has 0 unspecified atom stereocenters. The Bertz CT molecular complexity index is 1570. The molecule has 0 spiro atoms. The number of ether oxygens (including phenoxy) is 2. The molecule has 9 heteroatoms. The van der Waals surface area contributed by atoms with Crippen molar-refractivity contribution >= 4 is 28.3 Å². The second-order valence-electron chi connectivity index (χ2n) is 7.67. The van der Waals surface area contributed by atoms with Gasteiger partial charge in [0.25, 0.3) is 5.88 Å². The van der Waals surface area contributed by atoms with E-state index in [0.29, 0.717) is 28.2 Å². The number of nitrogens with zero attached hydrogens (tertiary/aromatic N) is 4. The first kappa shape index (κ1) is 21.2. The summed E-state index contributed by atoms with van der Waals surface area (Å²) in [5, 5.41) is 7.15. The number of hydrogen-bond acceptors (Lipinski definition) is 6. The van der Waals surface area contributed by atoms with E-state index >= 15 is 0 Å². The molecule has 0 atom stereocenters. The topological polar surface area (TPSA) is 99.8 Å². The summed E-state index contributed by atoms with van der Waals surface area (Å²) in [5.41, 5.74) is 2.46. The van der Waals surface area contributed by atoms with Crippen LogP contribution in [0.5, 0.6) is 17.4 Å². The number of aromatic nitrogens is 4. The summed E-state index contributed by atoms with van der Waals surface area (Å²) in [6.45, 7) is 1.68. The summed E-state index contributed by atoms with van der Waals surface area (Å²) >= 11 is 0. The summed E-state index contributed by atoms with van der Waals surface area (Å²) in [6.07, 6.45) is 0. The zero-order valence-electron chi connectivity index (χ0n) is 18.6. The largest absolute Gasteiger partial charge is 0.495 e. The fourth-order valence-electron chi connectivity index (χ4n) is 3.63. The minimum absolute atomic E-state index is 0.170. The van der Waals surface area contributed by atoms with E-state index in [1.165, 1.54) is 11.5 Å². The highest BCUT2D eigenvalue weighted by Gasteiger charge is 2.19. The van der Waals surface area contributed by atoms with Crippen molar-refractivity contribution in [2.45, 2.75) is 13.5 Å². The average molecular weight is 455 g/mol. The van der Waals surface area contributed by atoms with Gasteiger partial charge >= 0.3 is 5.69 Å². The molecule has 0 fully saturated rings. The van der Waals surface area contributed by atoms with Gasteiger partial charge in [-0.05, 0) is 43.3 Å². The molecule has 0 aliphatic heterocycles. The van der Waals surface area contributed by atoms with Crippen LogP contribution >= 0.6 is 0 Å². The standard InChI is InChI=1S/C25H21N5O4/c1-16-11-13-17(14-12-16)34-24-23-28-29(15-22(31)26-19-8-4-6-10-21(19)33-2)25(32)30(23)20-9-5-3-7-18(20)27-24/h3-14H,15H2,1-2H3,(H,26,31). The van der Waals surface area contributed by atoms with Crippen molar-refractivity contribution in [3.8, 4) is 17.4 Å². The second kappa shape index (κ2) is 8.70. The molecule has 5 rings (SSSR count). The first-order chi connectivity index (χ1) is 16.5. The third-order valence-corrected chi connectivity index (χ3v) is 5.29. The summed E-state index contributed by atoms with van der Waals surface area (Å²) < 4.78 is 13.8. The minimum Gasteiger partial charge on any atom is -0.495 e. The molecular formula is C25H21N5O4. The molecule has 2 aromatic heterocycles. The molecule has 2 heterocycles. The molecule has 34 heavy (non-hydrogen) atoms. The van der Waals surface area contributed by atoms with E-state index in [0.717, 1.165) is 10.2 Å². The number of hydrogen-bond donors (Lipinski definition) is 1. The molecule has 0 saturated carbocycles. The molecule has 0 aliphatic carbocycles. The number of carbonyl (C=O) groups excluding carboxylic acids is 1. The summed E-state index contributed by atoms with van der Waals surface area (Å²) in [7, 11) is 1.52. The first-order valence-electron chi connectivity index (χ1n) is 10.6. The highest BCUT2D eigenvalue weighted by Crippen LogP contribution is 2.26. The zero-order chi connectivity index (χ0) is 23.7. The number of amides is 1. The SMILES string of the molecule is COc1ccccc1NC(=O)Cn1nc2c(Oc3ccc(C)cc3)nc3ccccc3n2c1=O. The summed E-state index contributed by atoms with van der Waals surface area (Å²) in [6, 6.07) is 21.7. The van der Waals surface area contributed by atoms with Crippen molar-refractivity contribution in [2.24, 2.45) is 0 Å². The summed E-state index contributed by atoms with van der Waals surface area (Å²) in [4.78, 5) is 30.6. The molecule has 0 aliphatic rings. The van der Waals surface area contributed by atoms with Gasteiger partial charge in [-0.2, -0.15) is 0 Å². The Hall–Kier alpha value is -4.66. The van der Waals surface area contributed by atoms with Crippen LogP contribution < -0.4 is 20.5 Å². The highest BCUT2D eigenvalue weighted by atomic mass is 16.5. The molecule has 3 aromatic carbocycles. The van der Waals surface area contributed by atoms with Crippen molar-refractivity contribution in [1.82, 2.24) is 19.2 Å². The minimum atomic E-state index is -0.475. The number of benzene rings is 3. The van der Waals surface area contributed by atoms with Crippen LogP contribution in [-0.4, -0.2) is 32.2 Å². The lowest BCUT2D eigenvalue weighted by molar-refractivity contribution is -0.117. The maximum absolute atomic E-state index is 13.3. The maximum atomic E-state index is 13.3. The van der Waals surface area contributed by atoms with Gasteiger partial charge in [0, 0.05) is 0 Å². The van der Waals surface area contributed by atoms with E-state index in [2.05, 4.69) is 15.4 Å². The van der Waals surface area contributed by atoms with Crippen molar-refractivity contribution in [3.05, 3.63) is 88.8 Å². The van der Waals surface area contributed by atoms with Crippen molar-refractivity contribution in [1.29, 1.82) is 0 Å². The average Bonchev–Trinajstić information content (AvgIpc) is 3.17. The number of para-hydroxylation sites is 4. The van der Waals surface area contributed by atoms with Crippen LogP contribution in [0.15, 0.2) is 77.6 Å². The molecule has 1 N–H and O–H groups in total. The predicted molar refractivity (Wildman–Crippen MR) is 128 cm³/mol. The molecule has 1 amide bonds. The highest BCUT2D eigenvalue weighted by molar-refractivity contribution is 5.92. The van der Waals surface area contributed by atoms with Crippen LogP contribution in [0, 0.1) is 6.92 Å². The van der Waals surface area contributed by atoms with Crippen molar-refractivity contribution < 1.29 is 14.3 Å². The van der Waals surface area contributed by atoms with Gasteiger partial charge < -0.3 is 14.8 Å². The van der Waals surface area contributed by atoms with Crippen LogP contribution in [0.2, 0.25) is 0 Å². The monoisotopic (exact) mass is 455 g/mol. The van der Waals surface area contributed by atoms with Gasteiger partial charge in [0.2, 0.25) is 11.6 Å². The van der Waals surface area contributed by atoms with Gasteiger partial charge in [0.1, 0.15) is 18.0 Å². The fourth-order valence-corrected chi connectivity index (χ4v) is 3.63. The van der Waals surface area contributed by atoms with E-state index in [4.69, 9.17) is 9.47 Å². The van der Waals surface area contributed by atoms with Gasteiger partial charge in [0.05, 0.1) is 23.8 Å². The second-order valence-corrected chi connectivity index (χ2v) is 7.67. The summed E-state index contributed by atoms with van der Waals surface area (Å²) in [5.74, 6) is 0.824. The van der Waals surface area contributed by atoms with Crippen molar-refractivity contribution in [3.63, 3.8) is 0 Å². The Balaban J connectivity index is 1.55. The number of aryl methyl sites for hydroxylation is 1. The van der Waals surface area contributed by atoms with Gasteiger partial charge in [-0.1, -0.05) is 42.0 Å². The van der Waals surface area contributed by atoms with Gasteiger partial charge in [-0.3, -0.25) is 4.79 Å². The zero-order valence-corrected chi connectivity index (χ0v) is 18.6. The molecule has 9 nitrogen and oxygen atoms in total. The Morgan fingerprint density at radius 1 is 1.00 bits per heavy atom. The fraction of sp³-hybridized carbons (Fsp3) is 0.120. The number of methoxy groups -OCH3 is 1. The Labute approximate surface area is 194 Å². The molecule has 170 valence electrons. The van der Waals surface area contributed by atoms with E-state index < -0.39 is 11.6 Å². The van der Waals surface area contributed by atoms with Gasteiger partial charge in [-0.25, -0.2) is 18.9 Å². The lowest BCUT2D eigenvalue weighted by Crippen LogP contribution is -2.28. The van der Waals surface area contributed by atoms with Gasteiger partial charge in [0.15, 0.2) is 0 Å². The van der Waals surface area contributed by atoms with E-state index in [1.807, 2.05) is 43.3 Å². The molecular weight excluding hydrogens is 434 g/mol. The smallest absolute Gasteiger partial charge is 0.351 e. The number of fused-ring (bicyclic) bond motifs is 3. The number of carbonyl (C=O) groups is 1. The third-order valence-electron chi connectivity index (χ3n) is 5.29. The van der Waals surface area contributed by atoms with Crippen LogP contribution in [0.4, 0.5) is 5.69 Å². The van der Waals surface area contributed by atoms with Crippen LogP contribution in [0.3, 0.4) is 0 Å². The Morgan fingerprint density at radius 2 is 1.74 bits per heavy atom. The van der Waals surface area contributed by atoms with Crippen LogP contribution in [0.1, 0.15) is 5.56 Å². The third kappa shape index (κ3) is 3.95. The normalized spacial score (nSPS) is 11.0. The maximum Gasteiger partial charge on any atom is 0.351 e. The van der Waals surface area contributed by atoms with E-state index in [1.54, 1.807) is 36.4 Å². The molecule has 0 saturated heterocycles. The number of nitrogens with one attached hydrogen (secondary N) is 1. The quantitative estimate of drug-likeness (QED) is 0.418. The number of anilines is 1. The van der Waals surface area contributed by atoms with Crippen LogP contribution in [0.25, 0.3) is 16.7 Å². The Kier molecular flexibility index (Phi) is 5.43. The van der Waals surface area contributed by atoms with Gasteiger partial charge in [-0.15, -0.1) is 5.10 Å². The van der Waals surface area contributed by atoms with Crippen LogP contribution in [-0.2, 0) is 11.3 Å². The van der Waals surface area contributed by atoms with Crippen molar-refractivity contribution in [2.75, 3.05) is 12.4 Å². The van der Waals surface area contributed by atoms with E-state index in [-0.39, 0.29) is 18.1 Å². The Morgan fingerprint density at radius 3 is 2.53 bits per heavy atom. The predicted octanol–water partition coefficient (Wildman–Crippen LogP) is 3.79. The molecule has 0 bridgehead atoms. The lowest BCUT2D eigenvalue weighted by Gasteiger charge is -2.09.